The number of rotatable bonds is 4. The Morgan fingerprint density at radius 2 is 1.96 bits per heavy atom. The van der Waals surface area contributed by atoms with Gasteiger partial charge in [-0.05, 0) is 31.5 Å². The maximum absolute atomic E-state index is 6.03. The molecule has 0 saturated heterocycles. The van der Waals surface area contributed by atoms with E-state index in [2.05, 4.69) is 25.4 Å². The lowest BCUT2D eigenvalue weighted by Gasteiger charge is -2.09. The van der Waals surface area contributed by atoms with Gasteiger partial charge in [-0.1, -0.05) is 23.4 Å². The molecule has 0 bridgehead atoms. The highest BCUT2D eigenvalue weighted by Crippen LogP contribution is 2.29. The second kappa shape index (κ2) is 5.94. The Kier molecular flexibility index (Phi) is 3.43. The number of H-pyrrole nitrogens is 1. The van der Waals surface area contributed by atoms with Crippen LogP contribution in [0.1, 0.15) is 17.0 Å². The fourth-order valence-electron chi connectivity index (χ4n) is 3.08. The first-order chi connectivity index (χ1) is 13.2. The Morgan fingerprint density at radius 3 is 2.70 bits per heavy atom. The average molecular weight is 360 g/mol. The van der Waals surface area contributed by atoms with E-state index in [4.69, 9.17) is 9.26 Å². The lowest BCUT2D eigenvalue weighted by molar-refractivity contribution is 0.289. The van der Waals surface area contributed by atoms with Crippen molar-refractivity contribution in [3.05, 3.63) is 59.6 Å². The maximum atomic E-state index is 6.03. The van der Waals surface area contributed by atoms with Gasteiger partial charge in [-0.25, -0.2) is 0 Å². The maximum Gasteiger partial charge on any atom is 0.240 e. The molecular formula is C19H16N6O2. The number of aryl methyl sites for hydroxylation is 2. The van der Waals surface area contributed by atoms with E-state index in [1.165, 1.54) is 0 Å². The van der Waals surface area contributed by atoms with Gasteiger partial charge in [0, 0.05) is 23.0 Å². The standard InChI is InChI=1S/C19H16N6O2/c1-11-7-13(20-9-11)10-26-19-15-6-4-3-5-14(15)17-21-22-18(25(17)23-19)16-8-12(2)27-24-16/h3-9,20H,10H2,1-2H3. The van der Waals surface area contributed by atoms with Gasteiger partial charge >= 0.3 is 0 Å². The molecule has 5 aromatic rings. The molecule has 8 nitrogen and oxygen atoms in total. The molecule has 0 aliphatic rings. The van der Waals surface area contributed by atoms with Crippen molar-refractivity contribution in [1.82, 2.24) is 30.0 Å². The predicted octanol–water partition coefficient (Wildman–Crippen LogP) is 3.46. The number of benzene rings is 1. The van der Waals surface area contributed by atoms with Gasteiger partial charge in [0.05, 0.1) is 5.69 Å². The number of nitrogens with one attached hydrogen (secondary N) is 1. The van der Waals surface area contributed by atoms with E-state index in [1.807, 2.05) is 50.4 Å². The Hall–Kier alpha value is -3.68. The first-order valence-electron chi connectivity index (χ1n) is 8.53. The van der Waals surface area contributed by atoms with Crippen LogP contribution in [0.25, 0.3) is 27.9 Å². The van der Waals surface area contributed by atoms with Crippen LogP contribution in [0.4, 0.5) is 0 Å². The summed E-state index contributed by atoms with van der Waals surface area (Å²) in [6.45, 7) is 4.25. The van der Waals surface area contributed by atoms with E-state index in [9.17, 15) is 0 Å². The van der Waals surface area contributed by atoms with Crippen molar-refractivity contribution in [2.75, 3.05) is 0 Å². The van der Waals surface area contributed by atoms with Crippen molar-refractivity contribution in [3.63, 3.8) is 0 Å². The van der Waals surface area contributed by atoms with E-state index in [0.717, 1.165) is 22.0 Å². The SMILES string of the molecule is Cc1c[nH]c(COc2nn3c(-c4cc(C)on4)nnc3c3ccccc23)c1. The highest BCUT2D eigenvalue weighted by molar-refractivity contribution is 5.96. The minimum Gasteiger partial charge on any atom is -0.470 e. The number of nitrogens with zero attached hydrogens (tertiary/aromatic N) is 5. The van der Waals surface area contributed by atoms with Crippen LogP contribution in [0, 0.1) is 13.8 Å². The molecular weight excluding hydrogens is 344 g/mol. The second-order valence-electron chi connectivity index (χ2n) is 6.42. The van der Waals surface area contributed by atoms with Crippen LogP contribution in [0.15, 0.2) is 47.1 Å². The first kappa shape index (κ1) is 15.6. The van der Waals surface area contributed by atoms with Crippen LogP contribution < -0.4 is 4.74 Å². The minimum absolute atomic E-state index is 0.386. The summed E-state index contributed by atoms with van der Waals surface area (Å²) in [5.74, 6) is 1.71. The lowest BCUT2D eigenvalue weighted by atomic mass is 10.2. The van der Waals surface area contributed by atoms with Gasteiger partial charge < -0.3 is 14.2 Å². The molecule has 1 N–H and O–H groups in total. The topological polar surface area (TPSA) is 94.1 Å². The second-order valence-corrected chi connectivity index (χ2v) is 6.42. The molecule has 8 heteroatoms. The van der Waals surface area contributed by atoms with Gasteiger partial charge in [-0.3, -0.25) is 0 Å². The zero-order chi connectivity index (χ0) is 18.4. The third kappa shape index (κ3) is 2.62. The molecule has 0 atom stereocenters. The fourth-order valence-corrected chi connectivity index (χ4v) is 3.08. The summed E-state index contributed by atoms with van der Waals surface area (Å²) in [6.07, 6.45) is 1.94. The van der Waals surface area contributed by atoms with Crippen LogP contribution in [0.3, 0.4) is 0 Å². The zero-order valence-electron chi connectivity index (χ0n) is 14.8. The highest BCUT2D eigenvalue weighted by Gasteiger charge is 2.18. The third-order valence-corrected chi connectivity index (χ3v) is 4.34. The molecule has 4 heterocycles. The van der Waals surface area contributed by atoms with Crippen molar-refractivity contribution in [2.24, 2.45) is 0 Å². The van der Waals surface area contributed by atoms with Crippen molar-refractivity contribution < 1.29 is 9.26 Å². The van der Waals surface area contributed by atoms with Crippen LogP contribution in [-0.4, -0.2) is 30.0 Å². The molecule has 134 valence electrons. The van der Waals surface area contributed by atoms with Gasteiger partial charge in [0.25, 0.3) is 0 Å². The summed E-state index contributed by atoms with van der Waals surface area (Å²) in [7, 11) is 0. The minimum atomic E-state index is 0.386. The Bertz CT molecular complexity index is 1270. The number of aromatic amines is 1. The van der Waals surface area contributed by atoms with E-state index in [1.54, 1.807) is 10.6 Å². The lowest BCUT2D eigenvalue weighted by Crippen LogP contribution is -2.03. The summed E-state index contributed by atoms with van der Waals surface area (Å²) >= 11 is 0. The van der Waals surface area contributed by atoms with Crippen molar-refractivity contribution in [1.29, 1.82) is 0 Å². The van der Waals surface area contributed by atoms with E-state index < -0.39 is 0 Å². The molecule has 5 rings (SSSR count). The Balaban J connectivity index is 1.66. The Labute approximate surface area is 153 Å². The van der Waals surface area contributed by atoms with Gasteiger partial charge in [-0.15, -0.1) is 15.3 Å². The van der Waals surface area contributed by atoms with Crippen LogP contribution in [0.5, 0.6) is 5.88 Å². The van der Waals surface area contributed by atoms with Gasteiger partial charge in [-0.2, -0.15) is 4.52 Å². The number of hydrogen-bond acceptors (Lipinski definition) is 6. The van der Waals surface area contributed by atoms with Crippen LogP contribution in [-0.2, 0) is 6.61 Å². The predicted molar refractivity (Wildman–Crippen MR) is 98.4 cm³/mol. The molecule has 0 radical (unpaired) electrons. The monoisotopic (exact) mass is 360 g/mol. The van der Waals surface area contributed by atoms with Gasteiger partial charge in [0.1, 0.15) is 12.4 Å². The van der Waals surface area contributed by atoms with E-state index in [0.29, 0.717) is 35.4 Å². The molecule has 0 saturated carbocycles. The fraction of sp³-hybridized carbons (Fsp3) is 0.158. The third-order valence-electron chi connectivity index (χ3n) is 4.34. The number of hydrogen-bond donors (Lipinski definition) is 1. The molecule has 1 aromatic carbocycles. The summed E-state index contributed by atoms with van der Waals surface area (Å²) in [5.41, 5.74) is 3.36. The van der Waals surface area contributed by atoms with Crippen LogP contribution in [0.2, 0.25) is 0 Å². The Morgan fingerprint density at radius 1 is 1.11 bits per heavy atom. The quantitative estimate of drug-likeness (QED) is 0.527. The highest BCUT2D eigenvalue weighted by atomic mass is 16.5. The number of fused-ring (bicyclic) bond motifs is 3. The summed E-state index contributed by atoms with van der Waals surface area (Å²) in [5, 5.41) is 19.0. The van der Waals surface area contributed by atoms with Crippen molar-refractivity contribution >= 4 is 16.4 Å². The normalized spacial score (nSPS) is 11.5. The largest absolute Gasteiger partial charge is 0.470 e. The van der Waals surface area contributed by atoms with Gasteiger partial charge in [0.15, 0.2) is 11.3 Å². The molecule has 27 heavy (non-hydrogen) atoms. The van der Waals surface area contributed by atoms with E-state index in [-0.39, 0.29) is 0 Å². The number of aromatic nitrogens is 6. The van der Waals surface area contributed by atoms with Crippen molar-refractivity contribution in [2.45, 2.75) is 20.5 Å². The van der Waals surface area contributed by atoms with Gasteiger partial charge in [0.2, 0.25) is 11.7 Å². The molecule has 0 unspecified atom stereocenters. The van der Waals surface area contributed by atoms with Crippen LogP contribution >= 0.6 is 0 Å². The molecule has 0 aliphatic heterocycles. The average Bonchev–Trinajstić information content (AvgIpc) is 3.39. The van der Waals surface area contributed by atoms with Crippen molar-refractivity contribution in [3.8, 4) is 17.4 Å². The molecule has 0 spiro atoms. The zero-order valence-corrected chi connectivity index (χ0v) is 14.8. The molecule has 0 fully saturated rings. The summed E-state index contributed by atoms with van der Waals surface area (Å²) in [6, 6.07) is 11.7. The smallest absolute Gasteiger partial charge is 0.240 e. The molecule has 0 amide bonds. The van der Waals surface area contributed by atoms with E-state index >= 15 is 0 Å². The number of ether oxygens (including phenoxy) is 1. The summed E-state index contributed by atoms with van der Waals surface area (Å²) < 4.78 is 12.8. The molecule has 0 aliphatic carbocycles. The summed E-state index contributed by atoms with van der Waals surface area (Å²) in [4.78, 5) is 3.19. The first-order valence-corrected chi connectivity index (χ1v) is 8.53. The molecule has 4 aromatic heterocycles.